The standard InChI is InChI=1S/C43H42N6O6/c1-24-31(32-7-4-10-36(25(32)2)46-42-39-27(12-14-44-42)16-26(19-45-39)20-47-15-13-30(50)23-47)6-3-8-33(24)38-18-28-17-35-34(40(49(53)54)41(28)55-38)9-5-11-37(35)48-21-29(22-48)43(51)52/h3-4,6-8,10,12,14,16-19,29-30,37,50H,5,9,11,13,15,20-23H2,1-2H3,(H,44,46)(H,51,52)/t30-,37?/m1/s1. The molecule has 12 heteroatoms. The third-order valence-corrected chi connectivity index (χ3v) is 11.9. The number of fused-ring (bicyclic) bond motifs is 3. The molecule has 3 aromatic carbocycles. The molecule has 1 unspecified atom stereocenters. The van der Waals surface area contributed by atoms with Gasteiger partial charge in [-0.15, -0.1) is 0 Å². The van der Waals surface area contributed by atoms with E-state index < -0.39 is 11.9 Å². The summed E-state index contributed by atoms with van der Waals surface area (Å²) in [6, 6.07) is 20.2. The normalized spacial score (nSPS) is 19.1. The number of nitrogens with zero attached hydrogens (tertiary/aromatic N) is 5. The summed E-state index contributed by atoms with van der Waals surface area (Å²) in [7, 11) is 0. The highest BCUT2D eigenvalue weighted by Crippen LogP contribution is 2.47. The highest BCUT2D eigenvalue weighted by molar-refractivity contribution is 5.94. The number of nitro benzene ring substituents is 1. The van der Waals surface area contributed by atoms with Crippen molar-refractivity contribution in [3.05, 3.63) is 111 Å². The first-order chi connectivity index (χ1) is 26.6. The number of aliphatic hydroxyl groups is 1. The van der Waals surface area contributed by atoms with Crippen molar-refractivity contribution in [2.75, 3.05) is 31.5 Å². The van der Waals surface area contributed by atoms with E-state index >= 15 is 0 Å². The summed E-state index contributed by atoms with van der Waals surface area (Å²) in [5.74, 6) is 0.0246. The molecule has 0 saturated carbocycles. The van der Waals surface area contributed by atoms with Gasteiger partial charge in [0.05, 0.1) is 16.9 Å². The van der Waals surface area contributed by atoms with Crippen molar-refractivity contribution >= 4 is 45.0 Å². The van der Waals surface area contributed by atoms with E-state index in [-0.39, 0.29) is 28.3 Å². The zero-order chi connectivity index (χ0) is 38.0. The number of nitrogens with one attached hydrogen (secondary N) is 1. The Labute approximate surface area is 317 Å². The first-order valence-corrected chi connectivity index (χ1v) is 18.9. The van der Waals surface area contributed by atoms with Crippen molar-refractivity contribution < 1.29 is 24.3 Å². The van der Waals surface area contributed by atoms with Crippen LogP contribution in [0.15, 0.2) is 77.5 Å². The first kappa shape index (κ1) is 35.0. The van der Waals surface area contributed by atoms with E-state index in [0.717, 1.165) is 87.9 Å². The number of furan rings is 1. The summed E-state index contributed by atoms with van der Waals surface area (Å²) >= 11 is 0. The number of pyridine rings is 2. The van der Waals surface area contributed by atoms with E-state index in [1.807, 2.05) is 55.6 Å². The second-order valence-corrected chi connectivity index (χ2v) is 15.3. The van der Waals surface area contributed by atoms with Crippen molar-refractivity contribution in [1.29, 1.82) is 0 Å². The van der Waals surface area contributed by atoms with Gasteiger partial charge < -0.3 is 19.9 Å². The molecule has 1 aliphatic carbocycles. The lowest BCUT2D eigenvalue weighted by Gasteiger charge is -2.44. The molecule has 3 aromatic heterocycles. The molecule has 3 aliphatic rings. The topological polar surface area (TPSA) is 158 Å². The minimum atomic E-state index is -0.798. The third-order valence-electron chi connectivity index (χ3n) is 11.9. The van der Waals surface area contributed by atoms with Crippen LogP contribution in [0.5, 0.6) is 0 Å². The Hall–Kier alpha value is -5.69. The van der Waals surface area contributed by atoms with Gasteiger partial charge in [0, 0.05) is 78.7 Å². The number of benzene rings is 3. The van der Waals surface area contributed by atoms with Crippen LogP contribution in [0, 0.1) is 29.9 Å². The number of hydrogen-bond donors (Lipinski definition) is 3. The molecule has 2 fully saturated rings. The maximum Gasteiger partial charge on any atom is 0.315 e. The van der Waals surface area contributed by atoms with Gasteiger partial charge in [-0.05, 0) is 103 Å². The van der Waals surface area contributed by atoms with Crippen LogP contribution in [0.2, 0.25) is 0 Å². The number of carboxylic acids is 1. The lowest BCUT2D eigenvalue weighted by atomic mass is 9.82. The van der Waals surface area contributed by atoms with Crippen molar-refractivity contribution in [3.8, 4) is 22.5 Å². The number of aromatic nitrogens is 2. The van der Waals surface area contributed by atoms with Gasteiger partial charge >= 0.3 is 11.7 Å². The molecule has 0 radical (unpaired) electrons. The van der Waals surface area contributed by atoms with E-state index in [1.165, 1.54) is 0 Å². The monoisotopic (exact) mass is 738 g/mol. The molecule has 0 amide bonds. The van der Waals surface area contributed by atoms with Gasteiger partial charge in [0.15, 0.2) is 5.82 Å². The molecule has 5 heterocycles. The fourth-order valence-electron chi connectivity index (χ4n) is 8.92. The Balaban J connectivity index is 1.03. The van der Waals surface area contributed by atoms with Gasteiger partial charge in [-0.3, -0.25) is 29.7 Å². The van der Waals surface area contributed by atoms with Gasteiger partial charge in [-0.25, -0.2) is 4.98 Å². The lowest BCUT2D eigenvalue weighted by molar-refractivity contribution is -0.384. The summed E-state index contributed by atoms with van der Waals surface area (Å²) < 4.78 is 6.42. The van der Waals surface area contributed by atoms with Crippen LogP contribution in [-0.2, 0) is 17.8 Å². The van der Waals surface area contributed by atoms with Crippen LogP contribution in [0.1, 0.15) is 53.1 Å². The predicted molar refractivity (Wildman–Crippen MR) is 210 cm³/mol. The maximum absolute atomic E-state index is 12.6. The average Bonchev–Trinajstić information content (AvgIpc) is 3.76. The number of rotatable bonds is 9. The number of anilines is 2. The van der Waals surface area contributed by atoms with Crippen LogP contribution >= 0.6 is 0 Å². The molecule has 0 bridgehead atoms. The molecule has 0 spiro atoms. The molecular weight excluding hydrogens is 697 g/mol. The number of β-amino-alcohol motifs (C(OH)–C–C–N with tert-alkyl or cyclic N) is 1. The number of carboxylic acid groups (broad SMARTS) is 1. The average molecular weight is 739 g/mol. The number of aliphatic carboxylic acids is 1. The third kappa shape index (κ3) is 6.29. The molecule has 2 atom stereocenters. The minimum Gasteiger partial charge on any atom is -0.481 e. The summed E-state index contributed by atoms with van der Waals surface area (Å²) in [5, 5.41) is 37.2. The smallest absolute Gasteiger partial charge is 0.315 e. The molecule has 12 nitrogen and oxygen atoms in total. The number of carbonyl (C=O) groups is 1. The van der Waals surface area contributed by atoms with E-state index in [0.29, 0.717) is 48.6 Å². The van der Waals surface area contributed by atoms with Crippen molar-refractivity contribution in [2.24, 2.45) is 5.92 Å². The van der Waals surface area contributed by atoms with Gasteiger partial charge in [-0.1, -0.05) is 30.3 Å². The Morgan fingerprint density at radius 3 is 2.53 bits per heavy atom. The quantitative estimate of drug-likeness (QED) is 0.0977. The molecule has 280 valence electrons. The number of aliphatic hydroxyl groups excluding tert-OH is 1. The second kappa shape index (κ2) is 13.9. The van der Waals surface area contributed by atoms with Crippen LogP contribution in [0.25, 0.3) is 44.3 Å². The molecule has 2 aliphatic heterocycles. The molecule has 55 heavy (non-hydrogen) atoms. The largest absolute Gasteiger partial charge is 0.481 e. The summed E-state index contributed by atoms with van der Waals surface area (Å²) in [6.45, 7) is 7.33. The van der Waals surface area contributed by atoms with Crippen molar-refractivity contribution in [2.45, 2.75) is 58.2 Å². The Bertz CT molecular complexity index is 2510. The number of nitro groups is 1. The molecule has 6 aromatic rings. The first-order valence-electron chi connectivity index (χ1n) is 18.9. The molecule has 3 N–H and O–H groups in total. The van der Waals surface area contributed by atoms with E-state index in [4.69, 9.17) is 9.40 Å². The van der Waals surface area contributed by atoms with Crippen LogP contribution in [0.4, 0.5) is 17.2 Å². The van der Waals surface area contributed by atoms with Gasteiger partial charge in [0.1, 0.15) is 11.3 Å². The Kier molecular flexibility index (Phi) is 8.83. The molecule has 9 rings (SSSR count). The fourth-order valence-corrected chi connectivity index (χ4v) is 8.92. The zero-order valence-electron chi connectivity index (χ0n) is 30.8. The predicted octanol–water partition coefficient (Wildman–Crippen LogP) is 7.94. The molecular formula is C43H42N6O6. The highest BCUT2D eigenvalue weighted by Gasteiger charge is 2.41. The van der Waals surface area contributed by atoms with Crippen LogP contribution in [-0.4, -0.2) is 73.2 Å². The van der Waals surface area contributed by atoms with Gasteiger partial charge in [-0.2, -0.15) is 0 Å². The van der Waals surface area contributed by atoms with Gasteiger partial charge in [0.2, 0.25) is 5.58 Å². The Morgan fingerprint density at radius 2 is 1.76 bits per heavy atom. The maximum atomic E-state index is 12.6. The van der Waals surface area contributed by atoms with Crippen molar-refractivity contribution in [3.63, 3.8) is 0 Å². The van der Waals surface area contributed by atoms with E-state index in [9.17, 15) is 25.1 Å². The number of hydrogen-bond acceptors (Lipinski definition) is 10. The minimum absolute atomic E-state index is 0.0152. The molecule has 2 saturated heterocycles. The summed E-state index contributed by atoms with van der Waals surface area (Å²) in [4.78, 5) is 37.7. The van der Waals surface area contributed by atoms with Crippen LogP contribution in [0.3, 0.4) is 0 Å². The highest BCUT2D eigenvalue weighted by atomic mass is 16.6. The van der Waals surface area contributed by atoms with Gasteiger partial charge in [0.25, 0.3) is 0 Å². The second-order valence-electron chi connectivity index (χ2n) is 15.3. The van der Waals surface area contributed by atoms with E-state index in [2.05, 4.69) is 45.2 Å². The zero-order valence-corrected chi connectivity index (χ0v) is 30.8. The number of likely N-dealkylation sites (tertiary alicyclic amines) is 2. The SMILES string of the molecule is Cc1c(Nc2nccc3cc(CN4CC[C@@H](O)C4)cnc23)cccc1-c1cccc(-c2cc3cc4c(c([N+](=O)[O-])c3o2)CCCC4N2CC(C(=O)O)C2)c1C. The lowest BCUT2D eigenvalue weighted by Crippen LogP contribution is -2.52. The van der Waals surface area contributed by atoms with Crippen LogP contribution < -0.4 is 5.32 Å². The fraction of sp³-hybridized carbons (Fsp3) is 0.326. The Morgan fingerprint density at radius 1 is 0.982 bits per heavy atom. The summed E-state index contributed by atoms with van der Waals surface area (Å²) in [6.07, 6.45) is 6.42. The van der Waals surface area contributed by atoms with E-state index in [1.54, 1.807) is 6.20 Å². The summed E-state index contributed by atoms with van der Waals surface area (Å²) in [5.41, 5.74) is 9.56. The van der Waals surface area contributed by atoms with Crippen molar-refractivity contribution in [1.82, 2.24) is 19.8 Å².